The Kier molecular flexibility index (Phi) is 3.11. The van der Waals surface area contributed by atoms with Gasteiger partial charge in [-0.05, 0) is 37.8 Å². The largest absolute Gasteiger partial charge is 0.340 e. The van der Waals surface area contributed by atoms with Gasteiger partial charge in [-0.15, -0.1) is 0 Å². The molecule has 100 valence electrons. The summed E-state index contributed by atoms with van der Waals surface area (Å²) in [6.07, 6.45) is 8.17. The van der Waals surface area contributed by atoms with E-state index >= 15 is 0 Å². The summed E-state index contributed by atoms with van der Waals surface area (Å²) in [5.74, 6) is 0.629. The number of nitrogens with zero attached hydrogens (tertiary/aromatic N) is 2. The summed E-state index contributed by atoms with van der Waals surface area (Å²) in [6.45, 7) is 2.04. The number of amides is 1. The van der Waals surface area contributed by atoms with Gasteiger partial charge in [-0.1, -0.05) is 6.92 Å². The predicted molar refractivity (Wildman–Crippen MR) is 73.2 cm³/mol. The number of H-pyrrole nitrogens is 1. The smallest absolute Gasteiger partial charge is 0.273 e. The fraction of sp³-hybridized carbons (Fsp3) is 0.429. The zero-order valence-electron chi connectivity index (χ0n) is 11.0. The van der Waals surface area contributed by atoms with Gasteiger partial charge in [-0.3, -0.25) is 9.89 Å². The third kappa shape index (κ3) is 2.16. The lowest BCUT2D eigenvalue weighted by molar-refractivity contribution is 0.101. The van der Waals surface area contributed by atoms with E-state index < -0.39 is 0 Å². The summed E-state index contributed by atoms with van der Waals surface area (Å²) in [5, 5.41) is 9.71. The van der Waals surface area contributed by atoms with Gasteiger partial charge in [-0.25, -0.2) is 0 Å². The minimum atomic E-state index is -0.0733. The molecule has 1 aliphatic carbocycles. The lowest BCUT2D eigenvalue weighted by atomic mass is 9.93. The first-order valence-electron chi connectivity index (χ1n) is 6.80. The lowest BCUT2D eigenvalue weighted by Crippen LogP contribution is -2.23. The van der Waals surface area contributed by atoms with Gasteiger partial charge in [0.1, 0.15) is 11.5 Å². The number of aromatic nitrogens is 3. The molecule has 0 bridgehead atoms. The van der Waals surface area contributed by atoms with Crippen LogP contribution in [0.3, 0.4) is 0 Å². The second-order valence-corrected chi connectivity index (χ2v) is 4.96. The molecule has 19 heavy (non-hydrogen) atoms. The summed E-state index contributed by atoms with van der Waals surface area (Å²) in [6, 6.07) is 4.29. The number of rotatable bonds is 4. The highest BCUT2D eigenvalue weighted by atomic mass is 16.2. The fourth-order valence-electron chi connectivity index (χ4n) is 2.43. The Balaban J connectivity index is 1.79. The van der Waals surface area contributed by atoms with Crippen LogP contribution in [-0.2, 0) is 6.42 Å². The van der Waals surface area contributed by atoms with Gasteiger partial charge in [0.15, 0.2) is 0 Å². The van der Waals surface area contributed by atoms with Gasteiger partial charge in [0.25, 0.3) is 5.91 Å². The number of hydrogen-bond donors (Lipinski definition) is 2. The van der Waals surface area contributed by atoms with Crippen LogP contribution in [0.1, 0.15) is 48.3 Å². The van der Waals surface area contributed by atoms with E-state index in [1.54, 1.807) is 6.20 Å². The summed E-state index contributed by atoms with van der Waals surface area (Å²) in [5.41, 5.74) is 1.75. The van der Waals surface area contributed by atoms with E-state index in [2.05, 4.69) is 20.1 Å². The number of anilines is 1. The SMILES string of the molecule is CCc1cn[nH]c1NC(=O)c1cccn1C1CCC1. The van der Waals surface area contributed by atoms with Crippen LogP contribution in [0.4, 0.5) is 5.82 Å². The molecule has 0 aliphatic heterocycles. The average molecular weight is 258 g/mol. The molecule has 0 unspecified atom stereocenters. The van der Waals surface area contributed by atoms with E-state index in [0.717, 1.165) is 17.7 Å². The molecule has 2 aromatic rings. The zero-order chi connectivity index (χ0) is 13.2. The molecule has 0 saturated heterocycles. The molecule has 1 amide bonds. The molecule has 2 aromatic heterocycles. The van der Waals surface area contributed by atoms with E-state index in [4.69, 9.17) is 0 Å². The van der Waals surface area contributed by atoms with Crippen molar-refractivity contribution in [3.63, 3.8) is 0 Å². The predicted octanol–water partition coefficient (Wildman–Crippen LogP) is 2.75. The second-order valence-electron chi connectivity index (χ2n) is 4.96. The molecular weight excluding hydrogens is 240 g/mol. The van der Waals surface area contributed by atoms with Crippen molar-refractivity contribution in [3.8, 4) is 0 Å². The maximum absolute atomic E-state index is 12.3. The second kappa shape index (κ2) is 4.91. The highest BCUT2D eigenvalue weighted by molar-refractivity contribution is 6.03. The minimum Gasteiger partial charge on any atom is -0.340 e. The van der Waals surface area contributed by atoms with E-state index in [9.17, 15) is 4.79 Å². The summed E-state index contributed by atoms with van der Waals surface area (Å²) < 4.78 is 2.08. The van der Waals surface area contributed by atoms with Crippen LogP contribution in [0.2, 0.25) is 0 Å². The van der Waals surface area contributed by atoms with Crippen molar-refractivity contribution in [3.05, 3.63) is 35.8 Å². The third-order valence-electron chi connectivity index (χ3n) is 3.82. The van der Waals surface area contributed by atoms with E-state index in [1.165, 1.54) is 19.3 Å². The maximum atomic E-state index is 12.3. The van der Waals surface area contributed by atoms with Crippen LogP contribution >= 0.6 is 0 Å². The first-order chi connectivity index (χ1) is 9.29. The van der Waals surface area contributed by atoms with Crippen molar-refractivity contribution < 1.29 is 4.79 Å². The molecule has 2 heterocycles. The number of aryl methyl sites for hydroxylation is 1. The van der Waals surface area contributed by atoms with Gasteiger partial charge < -0.3 is 9.88 Å². The molecule has 5 heteroatoms. The maximum Gasteiger partial charge on any atom is 0.273 e. The van der Waals surface area contributed by atoms with E-state index in [0.29, 0.717) is 11.9 Å². The van der Waals surface area contributed by atoms with E-state index in [1.807, 2.05) is 25.3 Å². The van der Waals surface area contributed by atoms with Crippen molar-refractivity contribution in [1.82, 2.24) is 14.8 Å². The van der Waals surface area contributed by atoms with Crippen LogP contribution in [-0.4, -0.2) is 20.7 Å². The molecule has 5 nitrogen and oxygen atoms in total. The monoisotopic (exact) mass is 258 g/mol. The summed E-state index contributed by atoms with van der Waals surface area (Å²) in [4.78, 5) is 12.3. The number of nitrogens with one attached hydrogen (secondary N) is 2. The molecule has 0 spiro atoms. The van der Waals surface area contributed by atoms with Gasteiger partial charge in [-0.2, -0.15) is 5.10 Å². The van der Waals surface area contributed by atoms with Gasteiger partial charge in [0, 0.05) is 17.8 Å². The average Bonchev–Trinajstić information content (AvgIpc) is 2.95. The fourth-order valence-corrected chi connectivity index (χ4v) is 2.43. The zero-order valence-corrected chi connectivity index (χ0v) is 11.0. The van der Waals surface area contributed by atoms with Crippen molar-refractivity contribution in [2.75, 3.05) is 5.32 Å². The number of carbonyl (C=O) groups is 1. The van der Waals surface area contributed by atoms with Crippen molar-refractivity contribution in [2.45, 2.75) is 38.6 Å². The number of hydrogen-bond acceptors (Lipinski definition) is 2. The Hall–Kier alpha value is -2.04. The lowest BCUT2D eigenvalue weighted by Gasteiger charge is -2.28. The molecule has 1 aliphatic rings. The normalized spacial score (nSPS) is 15.2. The van der Waals surface area contributed by atoms with Crippen molar-refractivity contribution >= 4 is 11.7 Å². The van der Waals surface area contributed by atoms with Crippen LogP contribution in [0.25, 0.3) is 0 Å². The minimum absolute atomic E-state index is 0.0733. The van der Waals surface area contributed by atoms with Gasteiger partial charge in [0.05, 0.1) is 6.20 Å². The number of carbonyl (C=O) groups excluding carboxylic acids is 1. The molecule has 2 N–H and O–H groups in total. The molecule has 0 aromatic carbocycles. The standard InChI is InChI=1S/C14H18N4O/c1-2-10-9-15-17-13(10)16-14(19)12-7-4-8-18(12)11-5-3-6-11/h4,7-9,11H,2-3,5-6H2,1H3,(H2,15,16,17,19). The molecule has 1 saturated carbocycles. The van der Waals surface area contributed by atoms with Crippen LogP contribution < -0.4 is 5.32 Å². The summed E-state index contributed by atoms with van der Waals surface area (Å²) >= 11 is 0. The molecule has 1 fully saturated rings. The molecular formula is C14H18N4O. The Bertz CT molecular complexity index is 580. The van der Waals surface area contributed by atoms with E-state index in [-0.39, 0.29) is 5.91 Å². The van der Waals surface area contributed by atoms with Crippen molar-refractivity contribution in [1.29, 1.82) is 0 Å². The van der Waals surface area contributed by atoms with Crippen LogP contribution in [0.5, 0.6) is 0 Å². The topological polar surface area (TPSA) is 62.7 Å². The summed E-state index contributed by atoms with van der Waals surface area (Å²) in [7, 11) is 0. The molecule has 0 radical (unpaired) electrons. The Morgan fingerprint density at radius 3 is 3.11 bits per heavy atom. The van der Waals surface area contributed by atoms with Gasteiger partial charge in [0.2, 0.25) is 0 Å². The number of aromatic amines is 1. The molecule has 0 atom stereocenters. The Labute approximate surface area is 112 Å². The first-order valence-corrected chi connectivity index (χ1v) is 6.80. The highest BCUT2D eigenvalue weighted by Crippen LogP contribution is 2.32. The third-order valence-corrected chi connectivity index (χ3v) is 3.82. The van der Waals surface area contributed by atoms with Gasteiger partial charge >= 0.3 is 0 Å². The Morgan fingerprint density at radius 1 is 1.58 bits per heavy atom. The van der Waals surface area contributed by atoms with Crippen LogP contribution in [0, 0.1) is 0 Å². The Morgan fingerprint density at radius 2 is 2.42 bits per heavy atom. The first kappa shape index (κ1) is 12.0. The van der Waals surface area contributed by atoms with Crippen LogP contribution in [0.15, 0.2) is 24.5 Å². The highest BCUT2D eigenvalue weighted by Gasteiger charge is 2.23. The quantitative estimate of drug-likeness (QED) is 0.885. The molecule has 3 rings (SSSR count). The van der Waals surface area contributed by atoms with Crippen molar-refractivity contribution in [2.24, 2.45) is 0 Å².